The van der Waals surface area contributed by atoms with Crippen molar-refractivity contribution in [2.24, 2.45) is 7.05 Å². The first-order valence-corrected chi connectivity index (χ1v) is 7.62. The summed E-state index contributed by atoms with van der Waals surface area (Å²) in [5.74, 6) is 0.896. The first-order valence-electron chi connectivity index (χ1n) is 6.83. The molecule has 0 aliphatic rings. The van der Waals surface area contributed by atoms with Gasteiger partial charge in [0.05, 0.1) is 0 Å². The predicted octanol–water partition coefficient (Wildman–Crippen LogP) is 2.67. The third kappa shape index (κ3) is 3.98. The molecule has 8 heteroatoms. The summed E-state index contributed by atoms with van der Waals surface area (Å²) in [6.07, 6.45) is 3.44. The summed E-state index contributed by atoms with van der Waals surface area (Å²) >= 11 is 3.37. The standard InChI is InChI=1S/C15H14BrN5O2/c1-20-8-7-14(19-20)17-15(22)13-6-9-21(18-13)10-23-12-4-2-11(16)3-5-12/h2-9H,10H2,1H3,(H,17,19,22). The highest BCUT2D eigenvalue weighted by atomic mass is 79.9. The van der Waals surface area contributed by atoms with Gasteiger partial charge in [-0.25, -0.2) is 4.68 Å². The second-order valence-corrected chi connectivity index (χ2v) is 5.71. The Morgan fingerprint density at radius 1 is 1.17 bits per heavy atom. The van der Waals surface area contributed by atoms with Crippen LogP contribution < -0.4 is 10.1 Å². The average Bonchev–Trinajstić information content (AvgIpc) is 3.16. The summed E-state index contributed by atoms with van der Waals surface area (Å²) < 4.78 is 9.74. The van der Waals surface area contributed by atoms with Gasteiger partial charge in [0.25, 0.3) is 5.91 Å². The molecular formula is C15H14BrN5O2. The van der Waals surface area contributed by atoms with Crippen molar-refractivity contribution >= 4 is 27.7 Å². The molecule has 1 N–H and O–H groups in total. The number of nitrogens with zero attached hydrogens (tertiary/aromatic N) is 4. The molecule has 3 aromatic rings. The Bertz CT molecular complexity index is 809. The van der Waals surface area contributed by atoms with Crippen molar-refractivity contribution in [2.45, 2.75) is 6.73 Å². The molecule has 7 nitrogen and oxygen atoms in total. The Labute approximate surface area is 141 Å². The van der Waals surface area contributed by atoms with Crippen molar-refractivity contribution < 1.29 is 9.53 Å². The van der Waals surface area contributed by atoms with E-state index in [2.05, 4.69) is 31.4 Å². The van der Waals surface area contributed by atoms with Crippen molar-refractivity contribution in [1.82, 2.24) is 19.6 Å². The predicted molar refractivity (Wildman–Crippen MR) is 88.2 cm³/mol. The molecule has 1 aromatic carbocycles. The molecule has 0 aliphatic heterocycles. The SMILES string of the molecule is Cn1ccc(NC(=O)c2ccn(COc3ccc(Br)cc3)n2)n1. The Morgan fingerprint density at radius 3 is 2.65 bits per heavy atom. The summed E-state index contributed by atoms with van der Waals surface area (Å²) in [5, 5.41) is 10.9. The van der Waals surface area contributed by atoms with Gasteiger partial charge in [-0.15, -0.1) is 0 Å². The van der Waals surface area contributed by atoms with E-state index in [9.17, 15) is 4.79 Å². The molecule has 0 radical (unpaired) electrons. The Morgan fingerprint density at radius 2 is 1.96 bits per heavy atom. The minimum absolute atomic E-state index is 0.221. The van der Waals surface area contributed by atoms with E-state index in [-0.39, 0.29) is 12.6 Å². The van der Waals surface area contributed by atoms with Gasteiger partial charge in [0.15, 0.2) is 18.2 Å². The zero-order valence-corrected chi connectivity index (χ0v) is 13.9. The van der Waals surface area contributed by atoms with E-state index >= 15 is 0 Å². The second kappa shape index (κ2) is 6.66. The fourth-order valence-corrected chi connectivity index (χ4v) is 2.15. The van der Waals surface area contributed by atoms with Crippen LogP contribution in [0.5, 0.6) is 5.75 Å². The molecule has 0 spiro atoms. The molecule has 118 valence electrons. The highest BCUT2D eigenvalue weighted by molar-refractivity contribution is 9.10. The van der Waals surface area contributed by atoms with E-state index in [4.69, 9.17) is 4.74 Å². The zero-order valence-electron chi connectivity index (χ0n) is 12.3. The number of nitrogens with one attached hydrogen (secondary N) is 1. The zero-order chi connectivity index (χ0) is 16.2. The number of aryl methyl sites for hydroxylation is 1. The molecule has 3 rings (SSSR count). The van der Waals surface area contributed by atoms with Gasteiger partial charge in [-0.1, -0.05) is 15.9 Å². The summed E-state index contributed by atoms with van der Waals surface area (Å²) in [6.45, 7) is 0.221. The maximum atomic E-state index is 12.1. The van der Waals surface area contributed by atoms with Crippen molar-refractivity contribution in [1.29, 1.82) is 0 Å². The fourth-order valence-electron chi connectivity index (χ4n) is 1.89. The number of hydrogen-bond donors (Lipinski definition) is 1. The van der Waals surface area contributed by atoms with Crippen molar-refractivity contribution in [3.05, 3.63) is 59.0 Å². The average molecular weight is 376 g/mol. The molecule has 23 heavy (non-hydrogen) atoms. The van der Waals surface area contributed by atoms with Gasteiger partial charge in [0, 0.05) is 30.0 Å². The van der Waals surface area contributed by atoms with Crippen LogP contribution in [0.25, 0.3) is 0 Å². The number of benzene rings is 1. The van der Waals surface area contributed by atoms with Gasteiger partial charge < -0.3 is 10.1 Å². The smallest absolute Gasteiger partial charge is 0.277 e. The van der Waals surface area contributed by atoms with Crippen LogP contribution in [-0.2, 0) is 13.8 Å². The second-order valence-electron chi connectivity index (χ2n) is 4.80. The highest BCUT2D eigenvalue weighted by Gasteiger charge is 2.11. The third-order valence-corrected chi connectivity index (χ3v) is 3.53. The van der Waals surface area contributed by atoms with E-state index in [1.165, 1.54) is 0 Å². The summed E-state index contributed by atoms with van der Waals surface area (Å²) in [4.78, 5) is 12.1. The Balaban J connectivity index is 1.59. The third-order valence-electron chi connectivity index (χ3n) is 3.01. The van der Waals surface area contributed by atoms with Crippen LogP contribution in [0.2, 0.25) is 0 Å². The highest BCUT2D eigenvalue weighted by Crippen LogP contribution is 2.16. The molecular weight excluding hydrogens is 362 g/mol. The maximum Gasteiger partial charge on any atom is 0.277 e. The number of halogens is 1. The number of ether oxygens (including phenoxy) is 1. The van der Waals surface area contributed by atoms with E-state index in [0.717, 1.165) is 10.2 Å². The number of anilines is 1. The summed E-state index contributed by atoms with van der Waals surface area (Å²) in [7, 11) is 1.78. The van der Waals surface area contributed by atoms with Gasteiger partial charge in [-0.2, -0.15) is 10.2 Å². The Kier molecular flexibility index (Phi) is 4.42. The Hall–Kier alpha value is -2.61. The van der Waals surface area contributed by atoms with Gasteiger partial charge in [0.2, 0.25) is 0 Å². The fraction of sp³-hybridized carbons (Fsp3) is 0.133. The molecule has 0 aliphatic carbocycles. The molecule has 0 bridgehead atoms. The number of amides is 1. The lowest BCUT2D eigenvalue weighted by Gasteiger charge is -2.06. The van der Waals surface area contributed by atoms with Crippen LogP contribution in [0.15, 0.2) is 53.3 Å². The largest absolute Gasteiger partial charge is 0.471 e. The first-order chi connectivity index (χ1) is 11.1. The lowest BCUT2D eigenvalue weighted by Crippen LogP contribution is -2.14. The molecule has 0 saturated carbocycles. The monoisotopic (exact) mass is 375 g/mol. The molecule has 2 aromatic heterocycles. The van der Waals surface area contributed by atoms with E-state index in [0.29, 0.717) is 11.5 Å². The first kappa shape index (κ1) is 15.3. The minimum Gasteiger partial charge on any atom is -0.471 e. The van der Waals surface area contributed by atoms with Crippen molar-refractivity contribution in [3.63, 3.8) is 0 Å². The lowest BCUT2D eigenvalue weighted by molar-refractivity contribution is 0.102. The van der Waals surface area contributed by atoms with Crippen molar-refractivity contribution in [3.8, 4) is 5.75 Å². The molecule has 0 unspecified atom stereocenters. The van der Waals surface area contributed by atoms with Crippen LogP contribution in [0.3, 0.4) is 0 Å². The lowest BCUT2D eigenvalue weighted by atomic mass is 10.3. The van der Waals surface area contributed by atoms with Crippen LogP contribution in [0.4, 0.5) is 5.82 Å². The van der Waals surface area contributed by atoms with Crippen molar-refractivity contribution in [2.75, 3.05) is 5.32 Å². The van der Waals surface area contributed by atoms with E-state index in [1.807, 2.05) is 24.3 Å². The van der Waals surface area contributed by atoms with Gasteiger partial charge >= 0.3 is 0 Å². The minimum atomic E-state index is -0.314. The van der Waals surface area contributed by atoms with E-state index in [1.54, 1.807) is 40.9 Å². The molecule has 0 saturated heterocycles. The molecule has 0 atom stereocenters. The number of rotatable bonds is 5. The van der Waals surface area contributed by atoms with Crippen LogP contribution in [0.1, 0.15) is 10.5 Å². The van der Waals surface area contributed by atoms with Gasteiger partial charge in [0.1, 0.15) is 5.75 Å². The number of aromatic nitrogens is 4. The van der Waals surface area contributed by atoms with E-state index < -0.39 is 0 Å². The molecule has 1 amide bonds. The maximum absolute atomic E-state index is 12.1. The number of carbonyl (C=O) groups is 1. The molecule has 0 fully saturated rings. The van der Waals surface area contributed by atoms with Gasteiger partial charge in [-0.3, -0.25) is 9.48 Å². The quantitative estimate of drug-likeness (QED) is 0.743. The summed E-state index contributed by atoms with van der Waals surface area (Å²) in [5.41, 5.74) is 0.301. The molecule has 2 heterocycles. The van der Waals surface area contributed by atoms with Crippen LogP contribution >= 0.6 is 15.9 Å². The van der Waals surface area contributed by atoms with Crippen LogP contribution in [-0.4, -0.2) is 25.5 Å². The summed E-state index contributed by atoms with van der Waals surface area (Å²) in [6, 6.07) is 10.8. The number of hydrogen-bond acceptors (Lipinski definition) is 4. The number of carbonyl (C=O) groups excluding carboxylic acids is 1. The normalized spacial score (nSPS) is 10.5. The van der Waals surface area contributed by atoms with Gasteiger partial charge in [-0.05, 0) is 30.3 Å². The topological polar surface area (TPSA) is 74.0 Å². The van der Waals surface area contributed by atoms with Crippen LogP contribution in [0, 0.1) is 0 Å².